The zero-order valence-electron chi connectivity index (χ0n) is 19.8. The summed E-state index contributed by atoms with van der Waals surface area (Å²) >= 11 is 0.958. The molecule has 0 atom stereocenters. The van der Waals surface area contributed by atoms with Gasteiger partial charge in [0.1, 0.15) is 16.3 Å². The average Bonchev–Trinajstić information content (AvgIpc) is 3.56. The van der Waals surface area contributed by atoms with Crippen molar-refractivity contribution < 1.29 is 34.1 Å². The topological polar surface area (TPSA) is 154 Å². The van der Waals surface area contributed by atoms with Crippen molar-refractivity contribution in [3.05, 3.63) is 82.7 Å². The number of rotatable bonds is 7. The maximum absolute atomic E-state index is 13.0. The smallest absolute Gasteiger partial charge is 0.284 e. The highest BCUT2D eigenvalue weighted by Gasteiger charge is 2.27. The van der Waals surface area contributed by atoms with Gasteiger partial charge in [0.05, 0.1) is 16.8 Å². The number of benzene rings is 2. The Morgan fingerprint density at radius 3 is 2.08 bits per heavy atom. The van der Waals surface area contributed by atoms with Crippen LogP contribution in [0.5, 0.6) is 0 Å². The second kappa shape index (κ2) is 10.2. The molecule has 0 saturated carbocycles. The van der Waals surface area contributed by atoms with Gasteiger partial charge in [0, 0.05) is 22.8 Å². The van der Waals surface area contributed by atoms with Crippen molar-refractivity contribution in [1.82, 2.24) is 10.1 Å². The summed E-state index contributed by atoms with van der Waals surface area (Å²) in [7, 11) is 0. The van der Waals surface area contributed by atoms with E-state index in [4.69, 9.17) is 0 Å². The van der Waals surface area contributed by atoms with Gasteiger partial charge < -0.3 is 4.52 Å². The fourth-order valence-electron chi connectivity index (χ4n) is 3.59. The van der Waals surface area contributed by atoms with Crippen molar-refractivity contribution in [2.75, 3.05) is 10.1 Å². The van der Waals surface area contributed by atoms with Gasteiger partial charge in [-0.15, -0.1) is 0 Å². The van der Waals surface area contributed by atoms with Crippen LogP contribution in [0.15, 0.2) is 59.3 Å². The van der Waals surface area contributed by atoms with E-state index in [0.717, 1.165) is 11.3 Å². The number of thiazole rings is 1. The molecule has 0 radical (unpaired) electrons. The molecule has 0 spiro atoms. The lowest BCUT2D eigenvalue weighted by molar-refractivity contribution is 0.0842. The van der Waals surface area contributed by atoms with E-state index in [-0.39, 0.29) is 43.9 Å². The molecule has 2 N–H and O–H groups in total. The molecule has 11 nitrogen and oxygen atoms in total. The van der Waals surface area contributed by atoms with Gasteiger partial charge in [-0.1, -0.05) is 40.8 Å². The Morgan fingerprint density at radius 2 is 1.46 bits per heavy atom. The molecule has 37 heavy (non-hydrogen) atoms. The second-order valence-corrected chi connectivity index (χ2v) is 8.90. The van der Waals surface area contributed by atoms with E-state index >= 15 is 0 Å². The van der Waals surface area contributed by atoms with Crippen molar-refractivity contribution >= 4 is 45.5 Å². The summed E-state index contributed by atoms with van der Waals surface area (Å²) in [6, 6.07) is 11.7. The van der Waals surface area contributed by atoms with E-state index in [0.29, 0.717) is 21.3 Å². The number of hydrogen-bond acceptors (Lipinski definition) is 10. The number of ketones is 2. The normalized spacial score (nSPS) is 10.7. The van der Waals surface area contributed by atoms with Crippen molar-refractivity contribution in [3.63, 3.8) is 0 Å². The summed E-state index contributed by atoms with van der Waals surface area (Å²) in [5.74, 6) is -2.64. The maximum Gasteiger partial charge on any atom is 0.284 e. The van der Waals surface area contributed by atoms with Crippen LogP contribution >= 0.6 is 11.3 Å². The first kappa shape index (κ1) is 25.6. The number of hydrogen-bond donors (Lipinski definition) is 2. The third kappa shape index (κ3) is 4.93. The highest BCUT2D eigenvalue weighted by Crippen LogP contribution is 2.36. The van der Waals surface area contributed by atoms with Gasteiger partial charge >= 0.3 is 0 Å². The molecule has 0 saturated heterocycles. The molecule has 0 fully saturated rings. The van der Waals surface area contributed by atoms with Crippen LogP contribution in [0.4, 0.5) is 10.8 Å². The summed E-state index contributed by atoms with van der Waals surface area (Å²) < 4.78 is 4.65. The molecule has 4 rings (SSSR count). The van der Waals surface area contributed by atoms with Crippen LogP contribution in [0.3, 0.4) is 0 Å². The Bertz CT molecular complexity index is 1530. The lowest BCUT2D eigenvalue weighted by Gasteiger charge is -2.15. The van der Waals surface area contributed by atoms with Gasteiger partial charge in [0.15, 0.2) is 11.6 Å². The van der Waals surface area contributed by atoms with Gasteiger partial charge in [-0.05, 0) is 39.0 Å². The Kier molecular flexibility index (Phi) is 7.07. The van der Waals surface area contributed by atoms with Crippen LogP contribution in [-0.2, 0) is 0 Å². The standard InChI is InChI=1S/C25H20N4O7S/c1-13-25(29(35)23(32)19-7-5-4-6-17(19)14(2)30)37-22(26-13)16-8-9-18(15(3)31)20(12-16)24(33)28(34)21-10-11-36-27-21/h4-12,34-35H,1-3H3. The van der Waals surface area contributed by atoms with Gasteiger partial charge in [-0.25, -0.2) is 4.98 Å². The van der Waals surface area contributed by atoms with Gasteiger partial charge in [-0.3, -0.25) is 29.6 Å². The number of hydroxylamine groups is 2. The van der Waals surface area contributed by atoms with Gasteiger partial charge in [-0.2, -0.15) is 10.1 Å². The summed E-state index contributed by atoms with van der Waals surface area (Å²) in [4.78, 5) is 54.5. The van der Waals surface area contributed by atoms with E-state index in [1.54, 1.807) is 25.1 Å². The fraction of sp³-hybridized carbons (Fsp3) is 0.120. The van der Waals surface area contributed by atoms with E-state index in [9.17, 15) is 29.6 Å². The number of anilines is 2. The Labute approximate surface area is 214 Å². The Morgan fingerprint density at radius 1 is 0.838 bits per heavy atom. The number of aryl methyl sites for hydroxylation is 1. The van der Waals surface area contributed by atoms with Gasteiger partial charge in [0.2, 0.25) is 5.82 Å². The van der Waals surface area contributed by atoms with E-state index in [1.807, 2.05) is 0 Å². The zero-order chi connectivity index (χ0) is 26.9. The predicted octanol–water partition coefficient (Wildman–Crippen LogP) is 4.58. The molecular formula is C25H20N4O7S. The monoisotopic (exact) mass is 520 g/mol. The molecule has 4 aromatic rings. The number of nitrogens with zero attached hydrogens (tertiary/aromatic N) is 4. The molecule has 2 amide bonds. The fourth-order valence-corrected chi connectivity index (χ4v) is 4.56. The summed E-state index contributed by atoms with van der Waals surface area (Å²) in [6.07, 6.45) is 1.17. The minimum Gasteiger partial charge on any atom is -0.363 e. The predicted molar refractivity (Wildman–Crippen MR) is 132 cm³/mol. The molecule has 0 aliphatic rings. The Hall–Kier alpha value is -4.52. The van der Waals surface area contributed by atoms with Gasteiger partial charge in [0.25, 0.3) is 11.8 Å². The highest BCUT2D eigenvalue weighted by atomic mass is 32.1. The molecule has 2 aromatic heterocycles. The molecule has 0 aliphatic carbocycles. The highest BCUT2D eigenvalue weighted by molar-refractivity contribution is 7.19. The number of Topliss-reactive ketones (excluding diaryl/α,β-unsaturated/α-hetero) is 2. The number of aromatic nitrogens is 2. The SMILES string of the molecule is CC(=O)c1ccc(-c2nc(C)c(N(O)C(=O)c3ccccc3C(C)=O)s2)cc1C(=O)N(O)c1ccon1. The van der Waals surface area contributed by atoms with E-state index in [1.165, 1.54) is 50.4 Å². The van der Waals surface area contributed by atoms with Crippen molar-refractivity contribution in [2.24, 2.45) is 0 Å². The molecule has 2 heterocycles. The first-order valence-electron chi connectivity index (χ1n) is 10.8. The van der Waals surface area contributed by atoms with Crippen LogP contribution < -0.4 is 10.1 Å². The van der Waals surface area contributed by atoms with Crippen LogP contribution in [0, 0.1) is 6.92 Å². The van der Waals surface area contributed by atoms with Crippen LogP contribution in [-0.4, -0.2) is 43.9 Å². The van der Waals surface area contributed by atoms with Crippen molar-refractivity contribution in [2.45, 2.75) is 20.8 Å². The quantitative estimate of drug-likeness (QED) is 0.202. The van der Waals surface area contributed by atoms with E-state index < -0.39 is 17.6 Å². The molecule has 0 unspecified atom stereocenters. The van der Waals surface area contributed by atoms with Crippen molar-refractivity contribution in [3.8, 4) is 10.6 Å². The van der Waals surface area contributed by atoms with Crippen molar-refractivity contribution in [1.29, 1.82) is 0 Å². The minimum atomic E-state index is -0.922. The lowest BCUT2D eigenvalue weighted by Crippen LogP contribution is -2.28. The average molecular weight is 521 g/mol. The molecule has 0 bridgehead atoms. The lowest BCUT2D eigenvalue weighted by atomic mass is 10.0. The minimum absolute atomic E-state index is 0.0291. The summed E-state index contributed by atoms with van der Waals surface area (Å²) in [5, 5.41) is 25.6. The maximum atomic E-state index is 13.0. The number of carbonyl (C=O) groups excluding carboxylic acids is 4. The summed E-state index contributed by atoms with van der Waals surface area (Å²) in [5.41, 5.74) is 0.845. The number of carbonyl (C=O) groups is 4. The third-order valence-electron chi connectivity index (χ3n) is 5.40. The van der Waals surface area contributed by atoms with Crippen LogP contribution in [0.1, 0.15) is 61.0 Å². The molecule has 12 heteroatoms. The summed E-state index contributed by atoms with van der Waals surface area (Å²) in [6.45, 7) is 4.19. The zero-order valence-corrected chi connectivity index (χ0v) is 20.6. The first-order chi connectivity index (χ1) is 17.6. The van der Waals surface area contributed by atoms with Crippen LogP contribution in [0.2, 0.25) is 0 Å². The first-order valence-corrected chi connectivity index (χ1v) is 11.6. The second-order valence-electron chi connectivity index (χ2n) is 7.92. The molecule has 0 aliphatic heterocycles. The van der Waals surface area contributed by atoms with E-state index in [2.05, 4.69) is 14.7 Å². The molecular weight excluding hydrogens is 500 g/mol. The number of amides is 2. The molecule has 2 aromatic carbocycles. The van der Waals surface area contributed by atoms with Crippen LogP contribution in [0.25, 0.3) is 10.6 Å². The largest absolute Gasteiger partial charge is 0.363 e. The third-order valence-corrected chi connectivity index (χ3v) is 6.59. The molecule has 188 valence electrons. The Balaban J connectivity index is 1.71.